The van der Waals surface area contributed by atoms with Crippen molar-refractivity contribution in [2.75, 3.05) is 32.7 Å². The van der Waals surface area contributed by atoms with Crippen LogP contribution in [0.1, 0.15) is 64.1 Å². The molecule has 0 radical (unpaired) electrons. The van der Waals surface area contributed by atoms with Gasteiger partial charge in [-0.25, -0.2) is 0 Å². The largest absolute Gasteiger partial charge is 0.357 e. The van der Waals surface area contributed by atoms with Gasteiger partial charge >= 0.3 is 0 Å². The third-order valence-electron chi connectivity index (χ3n) is 5.51. The number of hydrogen-bond donors (Lipinski definition) is 3. The van der Waals surface area contributed by atoms with Crippen LogP contribution in [0.2, 0.25) is 0 Å². The third-order valence-corrected chi connectivity index (χ3v) is 5.51. The molecule has 28 heavy (non-hydrogen) atoms. The Hall–Kier alpha value is -0.830. The number of rotatable bonds is 9. The van der Waals surface area contributed by atoms with E-state index in [9.17, 15) is 0 Å². The van der Waals surface area contributed by atoms with E-state index in [4.69, 9.17) is 4.99 Å². The molecule has 1 unspecified atom stereocenters. The van der Waals surface area contributed by atoms with Gasteiger partial charge in [-0.05, 0) is 64.1 Å². The Balaban J connectivity index is 0.00000392. The summed E-state index contributed by atoms with van der Waals surface area (Å²) in [5, 5.41) is 14.0. The molecule has 2 rings (SSSR count). The lowest BCUT2D eigenvalue weighted by molar-refractivity contribution is 0.166. The van der Waals surface area contributed by atoms with Crippen LogP contribution >= 0.6 is 24.0 Å². The summed E-state index contributed by atoms with van der Waals surface area (Å²) in [5.41, 5.74) is 2.48. The van der Waals surface area contributed by atoms with E-state index in [1.54, 1.807) is 0 Å². The molecule has 3 N–H and O–H groups in total. The molecule has 0 aliphatic carbocycles. The number of nitrogens with zero attached hydrogens (tertiary/aromatic N) is 3. The molecule has 6 nitrogen and oxygen atoms in total. The average Bonchev–Trinajstić information content (AvgIpc) is 2.88. The molecule has 0 bridgehead atoms. The van der Waals surface area contributed by atoms with Crippen molar-refractivity contribution >= 4 is 29.9 Å². The minimum atomic E-state index is 0. The molecule has 0 spiro atoms. The highest BCUT2D eigenvalue weighted by Gasteiger charge is 2.22. The fourth-order valence-electron chi connectivity index (χ4n) is 3.81. The monoisotopic (exact) mass is 504 g/mol. The van der Waals surface area contributed by atoms with E-state index in [2.05, 4.69) is 53.4 Å². The maximum atomic E-state index is 4.93. The Morgan fingerprint density at radius 3 is 2.50 bits per heavy atom. The average molecular weight is 505 g/mol. The van der Waals surface area contributed by atoms with Crippen LogP contribution in [-0.2, 0) is 6.42 Å². The predicted octanol–water partition coefficient (Wildman–Crippen LogP) is 3.72. The zero-order valence-corrected chi connectivity index (χ0v) is 20.6. The number of aryl methyl sites for hydroxylation is 2. The van der Waals surface area contributed by atoms with Gasteiger partial charge in [-0.2, -0.15) is 5.10 Å². The number of guanidine groups is 1. The van der Waals surface area contributed by atoms with E-state index in [1.165, 1.54) is 50.0 Å². The van der Waals surface area contributed by atoms with Crippen molar-refractivity contribution in [3.63, 3.8) is 0 Å². The number of likely N-dealkylation sites (tertiary alicyclic amines) is 1. The molecular formula is C21H41IN6. The first kappa shape index (κ1) is 25.2. The summed E-state index contributed by atoms with van der Waals surface area (Å²) in [5.74, 6) is 1.57. The molecule has 1 aromatic heterocycles. The van der Waals surface area contributed by atoms with Crippen LogP contribution < -0.4 is 10.6 Å². The van der Waals surface area contributed by atoms with Crippen LogP contribution in [0.5, 0.6) is 0 Å². The van der Waals surface area contributed by atoms with Gasteiger partial charge in [-0.15, -0.1) is 24.0 Å². The third kappa shape index (κ3) is 8.68. The number of halogens is 1. The molecule has 1 atom stereocenters. The van der Waals surface area contributed by atoms with E-state index in [1.807, 2.05) is 6.20 Å². The number of aromatic amines is 1. The zero-order chi connectivity index (χ0) is 19.5. The number of nitrogens with one attached hydrogen (secondary N) is 3. The van der Waals surface area contributed by atoms with Gasteiger partial charge in [0.2, 0.25) is 0 Å². The van der Waals surface area contributed by atoms with Gasteiger partial charge in [0.25, 0.3) is 0 Å². The second-order valence-electron chi connectivity index (χ2n) is 8.03. The Kier molecular flexibility index (Phi) is 12.8. The lowest BCUT2D eigenvalue weighted by Gasteiger charge is -2.32. The van der Waals surface area contributed by atoms with Crippen molar-refractivity contribution in [2.45, 2.75) is 72.3 Å². The molecule has 1 aliphatic heterocycles. The van der Waals surface area contributed by atoms with Gasteiger partial charge < -0.3 is 10.6 Å². The zero-order valence-electron chi connectivity index (χ0n) is 18.3. The summed E-state index contributed by atoms with van der Waals surface area (Å²) in [7, 11) is 0. The van der Waals surface area contributed by atoms with Crippen molar-refractivity contribution < 1.29 is 0 Å². The topological polar surface area (TPSA) is 68.3 Å². The van der Waals surface area contributed by atoms with Crippen LogP contribution in [0.15, 0.2) is 11.2 Å². The molecule has 0 saturated carbocycles. The van der Waals surface area contributed by atoms with Crippen molar-refractivity contribution in [3.05, 3.63) is 17.5 Å². The van der Waals surface area contributed by atoms with Gasteiger partial charge in [-0.1, -0.05) is 26.7 Å². The van der Waals surface area contributed by atoms with Crippen LogP contribution in [0, 0.1) is 12.8 Å². The molecule has 0 amide bonds. The highest BCUT2D eigenvalue weighted by atomic mass is 127. The maximum absolute atomic E-state index is 4.93. The minimum absolute atomic E-state index is 0. The summed E-state index contributed by atoms with van der Waals surface area (Å²) in [6.45, 7) is 14.0. The highest BCUT2D eigenvalue weighted by molar-refractivity contribution is 14.0. The van der Waals surface area contributed by atoms with Crippen molar-refractivity contribution in [2.24, 2.45) is 10.9 Å². The van der Waals surface area contributed by atoms with E-state index in [-0.39, 0.29) is 24.0 Å². The van der Waals surface area contributed by atoms with Crippen LogP contribution in [-0.4, -0.2) is 59.8 Å². The number of hydrogen-bond acceptors (Lipinski definition) is 3. The molecule has 1 aromatic rings. The van der Waals surface area contributed by atoms with Crippen LogP contribution in [0.3, 0.4) is 0 Å². The molecule has 0 aromatic carbocycles. The molecule has 1 fully saturated rings. The summed E-state index contributed by atoms with van der Waals surface area (Å²) in [4.78, 5) is 7.60. The maximum Gasteiger partial charge on any atom is 0.191 e. The number of aliphatic imine (C=N–C) groups is 1. The van der Waals surface area contributed by atoms with E-state index >= 15 is 0 Å². The van der Waals surface area contributed by atoms with Crippen LogP contribution in [0.4, 0.5) is 0 Å². The van der Waals surface area contributed by atoms with E-state index in [0.717, 1.165) is 38.4 Å². The summed E-state index contributed by atoms with van der Waals surface area (Å²) < 4.78 is 0. The Bertz CT molecular complexity index is 549. The molecule has 1 aliphatic rings. The van der Waals surface area contributed by atoms with Crippen molar-refractivity contribution in [1.29, 1.82) is 0 Å². The lowest BCUT2D eigenvalue weighted by Crippen LogP contribution is -2.44. The van der Waals surface area contributed by atoms with E-state index in [0.29, 0.717) is 12.0 Å². The first-order chi connectivity index (χ1) is 13.1. The number of aromatic nitrogens is 2. The minimum Gasteiger partial charge on any atom is -0.357 e. The van der Waals surface area contributed by atoms with Crippen molar-refractivity contribution in [1.82, 2.24) is 25.7 Å². The first-order valence-corrected chi connectivity index (χ1v) is 10.9. The second kappa shape index (κ2) is 14.2. The van der Waals surface area contributed by atoms with Crippen LogP contribution in [0.25, 0.3) is 0 Å². The van der Waals surface area contributed by atoms with Gasteiger partial charge in [0.15, 0.2) is 5.96 Å². The fraction of sp³-hybridized carbons (Fsp3) is 0.810. The summed E-state index contributed by atoms with van der Waals surface area (Å²) in [6, 6.07) is 0.534. The fourth-order valence-corrected chi connectivity index (χ4v) is 3.81. The quantitative estimate of drug-likeness (QED) is 0.208. The smallest absolute Gasteiger partial charge is 0.191 e. The first-order valence-electron chi connectivity index (χ1n) is 10.9. The predicted molar refractivity (Wildman–Crippen MR) is 130 cm³/mol. The Morgan fingerprint density at radius 1 is 1.21 bits per heavy atom. The molecule has 2 heterocycles. The second-order valence-corrected chi connectivity index (χ2v) is 8.03. The molecule has 162 valence electrons. The van der Waals surface area contributed by atoms with Gasteiger partial charge in [-0.3, -0.25) is 15.0 Å². The Morgan fingerprint density at radius 2 is 1.93 bits per heavy atom. The van der Waals surface area contributed by atoms with Gasteiger partial charge in [0, 0.05) is 24.8 Å². The molecular weight excluding hydrogens is 463 g/mol. The SMILES string of the molecule is CCNC(=NCC(C(C)C)N1CCCCCC1)NCCCc1cn[nH]c1C.I. The van der Waals surface area contributed by atoms with Gasteiger partial charge in [0.1, 0.15) is 0 Å². The van der Waals surface area contributed by atoms with E-state index < -0.39 is 0 Å². The number of H-pyrrole nitrogens is 1. The standard InChI is InChI=1S/C21H40N6.HI/c1-5-22-21(23-12-10-11-19-15-25-26-18(19)4)24-16-20(17(2)3)27-13-8-6-7-9-14-27;/h15,17,20H,5-14,16H2,1-4H3,(H,25,26)(H2,22,23,24);1H. The highest BCUT2D eigenvalue weighted by Crippen LogP contribution is 2.17. The van der Waals surface area contributed by atoms with Gasteiger partial charge in [0.05, 0.1) is 12.7 Å². The normalized spacial score (nSPS) is 17.1. The summed E-state index contributed by atoms with van der Waals surface area (Å²) in [6.07, 6.45) is 9.47. The Labute approximate surface area is 188 Å². The van der Waals surface area contributed by atoms with Crippen molar-refractivity contribution in [3.8, 4) is 0 Å². The lowest BCUT2D eigenvalue weighted by atomic mass is 10.0. The molecule has 7 heteroatoms. The summed E-state index contributed by atoms with van der Waals surface area (Å²) >= 11 is 0. The molecule has 1 saturated heterocycles.